The maximum Gasteiger partial charge on any atom is 0.306 e. The van der Waals surface area contributed by atoms with Crippen LogP contribution in [0.4, 0.5) is 4.39 Å². The molecule has 1 unspecified atom stereocenters. The summed E-state index contributed by atoms with van der Waals surface area (Å²) >= 11 is 6.36. The molecule has 2 aliphatic rings. The molecule has 1 aliphatic carbocycles. The number of likely N-dealkylation sites (tertiary alicyclic amines) is 1. The van der Waals surface area contributed by atoms with Crippen molar-refractivity contribution in [2.45, 2.75) is 63.2 Å². The zero-order valence-electron chi connectivity index (χ0n) is 20.6. The van der Waals surface area contributed by atoms with Crippen LogP contribution in [-0.2, 0) is 19.7 Å². The van der Waals surface area contributed by atoms with Gasteiger partial charge in [0.1, 0.15) is 5.82 Å². The van der Waals surface area contributed by atoms with Crippen molar-refractivity contribution >= 4 is 23.5 Å². The van der Waals surface area contributed by atoms with Crippen molar-refractivity contribution < 1.29 is 18.7 Å². The van der Waals surface area contributed by atoms with E-state index in [-0.39, 0.29) is 29.9 Å². The van der Waals surface area contributed by atoms with E-state index in [9.17, 15) is 19.2 Å². The number of benzene rings is 2. The molecule has 36 heavy (non-hydrogen) atoms. The fraction of sp³-hybridized carbons (Fsp3) is 0.483. The molecule has 0 bridgehead atoms. The Morgan fingerprint density at radius 3 is 2.36 bits per heavy atom. The lowest BCUT2D eigenvalue weighted by molar-refractivity contribution is -0.148. The minimum atomic E-state index is -0.769. The monoisotopic (exact) mass is 510 g/mol. The van der Waals surface area contributed by atoms with Gasteiger partial charge in [-0.2, -0.15) is 5.26 Å². The first-order valence-electron chi connectivity index (χ1n) is 12.7. The van der Waals surface area contributed by atoms with Gasteiger partial charge in [-0.3, -0.25) is 9.59 Å². The molecule has 0 N–H and O–H groups in total. The number of halogens is 2. The van der Waals surface area contributed by atoms with Crippen LogP contribution in [0.3, 0.4) is 0 Å². The lowest BCUT2D eigenvalue weighted by Gasteiger charge is -2.46. The summed E-state index contributed by atoms with van der Waals surface area (Å²) in [7, 11) is 0. The number of nitriles is 1. The first kappa shape index (κ1) is 26.2. The number of piperidine rings is 1. The Morgan fingerprint density at radius 1 is 1.11 bits per heavy atom. The third-order valence-electron chi connectivity index (χ3n) is 8.06. The van der Waals surface area contributed by atoms with Crippen LogP contribution in [0.1, 0.15) is 68.9 Å². The molecule has 1 amide bonds. The number of nitrogens with zero attached hydrogens (tertiary/aromatic N) is 2. The summed E-state index contributed by atoms with van der Waals surface area (Å²) in [6.45, 7) is 2.86. The third-order valence-corrected chi connectivity index (χ3v) is 8.38. The van der Waals surface area contributed by atoms with Crippen LogP contribution in [0.15, 0.2) is 48.5 Å². The summed E-state index contributed by atoms with van der Waals surface area (Å²) < 4.78 is 19.0. The number of amides is 1. The summed E-state index contributed by atoms with van der Waals surface area (Å²) in [4.78, 5) is 28.5. The average molecular weight is 511 g/mol. The van der Waals surface area contributed by atoms with Gasteiger partial charge in [0.05, 0.1) is 30.4 Å². The molecular formula is C29H32ClFN2O3. The van der Waals surface area contributed by atoms with Crippen LogP contribution in [0.5, 0.6) is 0 Å². The Bertz CT molecular complexity index is 1130. The summed E-state index contributed by atoms with van der Waals surface area (Å²) in [5.74, 6) is -1.47. The van der Waals surface area contributed by atoms with Crippen LogP contribution in [0, 0.1) is 22.6 Å². The Balaban J connectivity index is 1.62. The van der Waals surface area contributed by atoms with E-state index in [2.05, 4.69) is 6.07 Å². The second-order valence-corrected chi connectivity index (χ2v) is 10.4. The van der Waals surface area contributed by atoms with Crippen molar-refractivity contribution in [2.24, 2.45) is 5.41 Å². The summed E-state index contributed by atoms with van der Waals surface area (Å²) in [5.41, 5.74) is 0.275. The molecule has 1 saturated carbocycles. The minimum Gasteiger partial charge on any atom is -0.466 e. The molecule has 1 heterocycles. The van der Waals surface area contributed by atoms with Crippen molar-refractivity contribution in [3.63, 3.8) is 0 Å². The Morgan fingerprint density at radius 2 is 1.78 bits per heavy atom. The molecule has 190 valence electrons. The smallest absolute Gasteiger partial charge is 0.306 e. The molecule has 0 aromatic heterocycles. The highest BCUT2D eigenvalue weighted by molar-refractivity contribution is 6.31. The minimum absolute atomic E-state index is 0.0403. The number of rotatable bonds is 7. The van der Waals surface area contributed by atoms with E-state index in [1.165, 1.54) is 18.2 Å². The Kier molecular flexibility index (Phi) is 8.00. The molecule has 7 heteroatoms. The van der Waals surface area contributed by atoms with Gasteiger partial charge in [0.25, 0.3) is 0 Å². The van der Waals surface area contributed by atoms with Gasteiger partial charge >= 0.3 is 5.97 Å². The van der Waals surface area contributed by atoms with Crippen molar-refractivity contribution in [3.8, 4) is 6.07 Å². The van der Waals surface area contributed by atoms with Gasteiger partial charge in [0.2, 0.25) is 5.91 Å². The van der Waals surface area contributed by atoms with E-state index in [0.717, 1.165) is 31.2 Å². The predicted octanol–water partition coefficient (Wildman–Crippen LogP) is 6.16. The van der Waals surface area contributed by atoms with E-state index in [1.54, 1.807) is 6.92 Å². The van der Waals surface area contributed by atoms with Crippen LogP contribution in [0.2, 0.25) is 5.02 Å². The fourth-order valence-corrected chi connectivity index (χ4v) is 6.43. The normalized spacial score (nSPS) is 19.3. The highest BCUT2D eigenvalue weighted by atomic mass is 35.5. The maximum absolute atomic E-state index is 14.0. The van der Waals surface area contributed by atoms with Crippen LogP contribution >= 0.6 is 11.6 Å². The summed E-state index contributed by atoms with van der Waals surface area (Å²) in [6.07, 6.45) is 4.63. The number of hydrogen-bond acceptors (Lipinski definition) is 4. The Hall–Kier alpha value is -2.91. The molecule has 4 rings (SSSR count). The lowest BCUT2D eigenvalue weighted by atomic mass is 9.64. The predicted molar refractivity (Wildman–Crippen MR) is 136 cm³/mol. The highest BCUT2D eigenvalue weighted by Crippen LogP contribution is 2.50. The van der Waals surface area contributed by atoms with Gasteiger partial charge in [0.15, 0.2) is 0 Å². The Labute approximate surface area is 217 Å². The van der Waals surface area contributed by atoms with Crippen molar-refractivity contribution in [2.75, 3.05) is 19.7 Å². The van der Waals surface area contributed by atoms with E-state index < -0.39 is 22.6 Å². The topological polar surface area (TPSA) is 70.4 Å². The first-order valence-corrected chi connectivity index (χ1v) is 13.1. The van der Waals surface area contributed by atoms with Crippen molar-refractivity contribution in [1.82, 2.24) is 4.90 Å². The van der Waals surface area contributed by atoms with Crippen LogP contribution < -0.4 is 0 Å². The zero-order valence-corrected chi connectivity index (χ0v) is 21.4. The first-order chi connectivity index (χ1) is 17.3. The quantitative estimate of drug-likeness (QED) is 0.418. The van der Waals surface area contributed by atoms with Crippen molar-refractivity contribution in [1.29, 1.82) is 5.26 Å². The van der Waals surface area contributed by atoms with Gasteiger partial charge in [-0.1, -0.05) is 60.8 Å². The number of carbonyl (C=O) groups is 2. The lowest BCUT2D eigenvalue weighted by Crippen LogP contribution is -2.52. The number of ether oxygens (including phenoxy) is 1. The molecule has 2 fully saturated rings. The molecule has 0 radical (unpaired) electrons. The van der Waals surface area contributed by atoms with Gasteiger partial charge < -0.3 is 9.64 Å². The van der Waals surface area contributed by atoms with Crippen LogP contribution in [0.25, 0.3) is 0 Å². The van der Waals surface area contributed by atoms with Gasteiger partial charge in [-0.25, -0.2) is 4.39 Å². The van der Waals surface area contributed by atoms with E-state index in [0.29, 0.717) is 31.5 Å². The second-order valence-electron chi connectivity index (χ2n) is 10.0. The fourth-order valence-electron chi connectivity index (χ4n) is 6.16. The van der Waals surface area contributed by atoms with Gasteiger partial charge in [-0.05, 0) is 55.9 Å². The average Bonchev–Trinajstić information content (AvgIpc) is 3.38. The molecule has 0 spiro atoms. The molecule has 1 atom stereocenters. The zero-order chi connectivity index (χ0) is 25.8. The maximum atomic E-state index is 14.0. The molecular weight excluding hydrogens is 479 g/mol. The molecule has 2 aromatic rings. The SMILES string of the molecule is CCOC(=O)CC1(C(C#N)c2ccc(F)cc2Cl)CCN(C(=O)C2(c3ccccc3)CCCC2)CC1. The standard InChI is InChI=1S/C29H32ClFN2O3/c1-2-36-26(34)19-28(24(20-32)23-11-10-22(31)18-25(23)30)14-16-33(17-15-28)27(35)29(12-6-7-13-29)21-8-4-3-5-9-21/h3-5,8-11,18,24H,2,6-7,12-17,19H2,1H3. The van der Waals surface area contributed by atoms with E-state index in [1.807, 2.05) is 35.2 Å². The van der Waals surface area contributed by atoms with Gasteiger partial charge in [0, 0.05) is 23.5 Å². The molecule has 5 nitrogen and oxygen atoms in total. The third kappa shape index (κ3) is 4.99. The number of esters is 1. The molecule has 1 saturated heterocycles. The van der Waals surface area contributed by atoms with E-state index >= 15 is 0 Å². The molecule has 2 aromatic carbocycles. The second kappa shape index (κ2) is 11.0. The largest absolute Gasteiger partial charge is 0.466 e. The molecule has 1 aliphatic heterocycles. The van der Waals surface area contributed by atoms with E-state index in [4.69, 9.17) is 16.3 Å². The van der Waals surface area contributed by atoms with Crippen LogP contribution in [-0.4, -0.2) is 36.5 Å². The summed E-state index contributed by atoms with van der Waals surface area (Å²) in [6, 6.07) is 16.4. The summed E-state index contributed by atoms with van der Waals surface area (Å²) in [5, 5.41) is 10.4. The highest BCUT2D eigenvalue weighted by Gasteiger charge is 2.50. The van der Waals surface area contributed by atoms with Gasteiger partial charge in [-0.15, -0.1) is 0 Å². The van der Waals surface area contributed by atoms with Crippen molar-refractivity contribution in [3.05, 3.63) is 70.5 Å². The number of hydrogen-bond donors (Lipinski definition) is 0. The number of carbonyl (C=O) groups excluding carboxylic acids is 2.